The van der Waals surface area contributed by atoms with Gasteiger partial charge in [0, 0.05) is 11.4 Å². The zero-order valence-electron chi connectivity index (χ0n) is 14.0. The molecule has 2 aromatic rings. The summed E-state index contributed by atoms with van der Waals surface area (Å²) in [5, 5.41) is 12.5. The Kier molecular flexibility index (Phi) is 5.58. The summed E-state index contributed by atoms with van der Waals surface area (Å²) >= 11 is 1.20. The number of aryl methyl sites for hydroxylation is 2. The molecule has 0 bridgehead atoms. The first-order valence-corrected chi connectivity index (χ1v) is 8.38. The Morgan fingerprint density at radius 2 is 2.00 bits per heavy atom. The molecular weight excluding hydrogens is 325 g/mol. The van der Waals surface area contributed by atoms with Crippen molar-refractivity contribution >= 4 is 23.4 Å². The molecule has 0 saturated carbocycles. The number of carbonyl (C=O) groups excluding carboxylic acids is 1. The van der Waals surface area contributed by atoms with Gasteiger partial charge in [-0.25, -0.2) is 9.37 Å². The predicted molar refractivity (Wildman–Crippen MR) is 93.7 cm³/mol. The highest BCUT2D eigenvalue weighted by atomic mass is 32.2. The summed E-state index contributed by atoms with van der Waals surface area (Å²) in [4.78, 5) is 16.5. The van der Waals surface area contributed by atoms with Crippen molar-refractivity contribution in [1.29, 1.82) is 5.26 Å². The number of pyridine rings is 1. The van der Waals surface area contributed by atoms with E-state index in [9.17, 15) is 14.4 Å². The number of carbonyl (C=O) groups is 1. The van der Waals surface area contributed by atoms with Gasteiger partial charge in [0.15, 0.2) is 0 Å². The third-order valence-electron chi connectivity index (χ3n) is 3.87. The van der Waals surface area contributed by atoms with Crippen LogP contribution in [0.5, 0.6) is 0 Å². The summed E-state index contributed by atoms with van der Waals surface area (Å²) in [6.07, 6.45) is 0. The minimum absolute atomic E-state index is 0.0963. The fraction of sp³-hybridized carbons (Fsp3) is 0.278. The largest absolute Gasteiger partial charge is 0.325 e. The van der Waals surface area contributed by atoms with Crippen LogP contribution in [0.25, 0.3) is 0 Å². The average Bonchev–Trinajstić information content (AvgIpc) is 2.54. The summed E-state index contributed by atoms with van der Waals surface area (Å²) in [5.41, 5.74) is 4.14. The Morgan fingerprint density at radius 3 is 2.62 bits per heavy atom. The van der Waals surface area contributed by atoms with Gasteiger partial charge in [-0.15, -0.1) is 0 Å². The molecule has 1 amide bonds. The summed E-state index contributed by atoms with van der Waals surface area (Å²) < 4.78 is 13.5. The van der Waals surface area contributed by atoms with Crippen LogP contribution in [0.4, 0.5) is 10.1 Å². The van der Waals surface area contributed by atoms with E-state index >= 15 is 0 Å². The quantitative estimate of drug-likeness (QED) is 0.850. The average molecular weight is 343 g/mol. The third kappa shape index (κ3) is 3.92. The van der Waals surface area contributed by atoms with Crippen LogP contribution in [0, 0.1) is 44.8 Å². The Bertz CT molecular complexity index is 843. The predicted octanol–water partition coefficient (Wildman–Crippen LogP) is 4.06. The number of nitrogens with one attached hydrogen (secondary N) is 1. The molecule has 6 heteroatoms. The SMILES string of the molecule is Cc1ccc(NC(=O)CSc2nc(C)c(C)c(C)c2C#N)cc1F. The van der Waals surface area contributed by atoms with Crippen molar-refractivity contribution in [2.75, 3.05) is 11.1 Å². The van der Waals surface area contributed by atoms with Gasteiger partial charge in [-0.2, -0.15) is 5.26 Å². The molecule has 0 atom stereocenters. The number of nitriles is 1. The number of hydrogen-bond acceptors (Lipinski definition) is 4. The maximum Gasteiger partial charge on any atom is 0.234 e. The molecule has 1 heterocycles. The lowest BCUT2D eigenvalue weighted by Gasteiger charge is -2.11. The zero-order valence-corrected chi connectivity index (χ0v) is 14.8. The summed E-state index contributed by atoms with van der Waals surface area (Å²) in [7, 11) is 0. The van der Waals surface area contributed by atoms with Gasteiger partial charge >= 0.3 is 0 Å². The number of aromatic nitrogens is 1. The number of benzene rings is 1. The molecule has 0 aliphatic rings. The molecule has 0 fully saturated rings. The first-order chi connectivity index (χ1) is 11.3. The van der Waals surface area contributed by atoms with Gasteiger partial charge in [-0.05, 0) is 56.5 Å². The fourth-order valence-electron chi connectivity index (χ4n) is 2.15. The van der Waals surface area contributed by atoms with Crippen LogP contribution in [0.15, 0.2) is 23.2 Å². The van der Waals surface area contributed by atoms with E-state index in [1.807, 2.05) is 20.8 Å². The molecule has 0 spiro atoms. The molecule has 1 aromatic heterocycles. The molecule has 0 aliphatic heterocycles. The van der Waals surface area contributed by atoms with Crippen LogP contribution >= 0.6 is 11.8 Å². The molecule has 0 radical (unpaired) electrons. The molecule has 0 saturated heterocycles. The van der Waals surface area contributed by atoms with Gasteiger partial charge in [0.2, 0.25) is 5.91 Å². The van der Waals surface area contributed by atoms with Gasteiger partial charge in [0.05, 0.1) is 11.3 Å². The van der Waals surface area contributed by atoms with Gasteiger partial charge in [-0.3, -0.25) is 4.79 Å². The Morgan fingerprint density at radius 1 is 1.29 bits per heavy atom. The highest BCUT2D eigenvalue weighted by molar-refractivity contribution is 8.00. The van der Waals surface area contributed by atoms with Crippen LogP contribution in [0.1, 0.15) is 27.9 Å². The first-order valence-electron chi connectivity index (χ1n) is 7.40. The van der Waals surface area contributed by atoms with Crippen molar-refractivity contribution in [3.05, 3.63) is 52.0 Å². The summed E-state index contributed by atoms with van der Waals surface area (Å²) in [6.45, 7) is 7.34. The van der Waals surface area contributed by atoms with Crippen molar-refractivity contribution in [2.45, 2.75) is 32.7 Å². The van der Waals surface area contributed by atoms with E-state index in [1.165, 1.54) is 17.8 Å². The lowest BCUT2D eigenvalue weighted by Crippen LogP contribution is -2.14. The van der Waals surface area contributed by atoms with E-state index < -0.39 is 0 Å². The fourth-order valence-corrected chi connectivity index (χ4v) is 3.03. The minimum Gasteiger partial charge on any atom is -0.325 e. The molecule has 1 N–H and O–H groups in total. The van der Waals surface area contributed by atoms with Crippen molar-refractivity contribution < 1.29 is 9.18 Å². The lowest BCUT2D eigenvalue weighted by atomic mass is 10.1. The number of nitrogens with zero attached hydrogens (tertiary/aromatic N) is 2. The van der Waals surface area contributed by atoms with E-state index in [-0.39, 0.29) is 17.5 Å². The Balaban J connectivity index is 2.09. The van der Waals surface area contributed by atoms with Crippen LogP contribution in [0.3, 0.4) is 0 Å². The normalized spacial score (nSPS) is 10.3. The molecule has 0 unspecified atom stereocenters. The standard InChI is InChI=1S/C18H18FN3OS/c1-10-5-6-14(7-16(10)19)22-17(23)9-24-18-15(8-20)12(3)11(2)13(4)21-18/h5-7H,9H2,1-4H3,(H,22,23). The van der Waals surface area contributed by atoms with Crippen molar-refractivity contribution in [3.8, 4) is 6.07 Å². The van der Waals surface area contributed by atoms with Gasteiger partial charge < -0.3 is 5.32 Å². The summed E-state index contributed by atoms with van der Waals surface area (Å²) in [6, 6.07) is 6.71. The second-order valence-electron chi connectivity index (χ2n) is 5.54. The number of anilines is 1. The van der Waals surface area contributed by atoms with Gasteiger partial charge in [0.25, 0.3) is 0 Å². The maximum absolute atomic E-state index is 13.5. The molecule has 2 rings (SSSR count). The molecular formula is C18H18FN3OS. The second-order valence-corrected chi connectivity index (χ2v) is 6.50. The smallest absolute Gasteiger partial charge is 0.234 e. The van der Waals surface area contributed by atoms with E-state index in [0.29, 0.717) is 21.8 Å². The number of thioether (sulfide) groups is 1. The monoisotopic (exact) mass is 343 g/mol. The molecule has 124 valence electrons. The maximum atomic E-state index is 13.5. The zero-order chi connectivity index (χ0) is 17.9. The topological polar surface area (TPSA) is 65.8 Å². The Hall–Kier alpha value is -2.39. The van der Waals surface area contributed by atoms with Crippen LogP contribution in [0.2, 0.25) is 0 Å². The number of halogens is 1. The molecule has 4 nitrogen and oxygen atoms in total. The molecule has 24 heavy (non-hydrogen) atoms. The van der Waals surface area contributed by atoms with Crippen molar-refractivity contribution in [3.63, 3.8) is 0 Å². The van der Waals surface area contributed by atoms with E-state index in [0.717, 1.165) is 16.8 Å². The molecule has 1 aromatic carbocycles. The Labute approximate surface area is 145 Å². The minimum atomic E-state index is -0.362. The third-order valence-corrected chi connectivity index (χ3v) is 4.85. The summed E-state index contributed by atoms with van der Waals surface area (Å²) in [5.74, 6) is -0.539. The van der Waals surface area contributed by atoms with Crippen LogP contribution in [-0.4, -0.2) is 16.6 Å². The highest BCUT2D eigenvalue weighted by Gasteiger charge is 2.14. The number of rotatable bonds is 4. The lowest BCUT2D eigenvalue weighted by molar-refractivity contribution is -0.113. The van der Waals surface area contributed by atoms with Crippen molar-refractivity contribution in [1.82, 2.24) is 4.98 Å². The first kappa shape index (κ1) is 18.0. The van der Waals surface area contributed by atoms with Crippen LogP contribution < -0.4 is 5.32 Å². The number of hydrogen-bond donors (Lipinski definition) is 1. The highest BCUT2D eigenvalue weighted by Crippen LogP contribution is 2.26. The van der Waals surface area contributed by atoms with E-state index in [2.05, 4.69) is 16.4 Å². The molecule has 0 aliphatic carbocycles. The van der Waals surface area contributed by atoms with E-state index in [1.54, 1.807) is 19.1 Å². The van der Waals surface area contributed by atoms with Gasteiger partial charge in [-0.1, -0.05) is 17.8 Å². The van der Waals surface area contributed by atoms with E-state index in [4.69, 9.17) is 0 Å². The van der Waals surface area contributed by atoms with Crippen LogP contribution in [-0.2, 0) is 4.79 Å². The second kappa shape index (κ2) is 7.45. The van der Waals surface area contributed by atoms with Gasteiger partial charge in [0.1, 0.15) is 16.9 Å². The number of amides is 1. The van der Waals surface area contributed by atoms with Crippen molar-refractivity contribution in [2.24, 2.45) is 0 Å².